The molecule has 1 heterocycles. The minimum atomic E-state index is -0.982. The Morgan fingerprint density at radius 2 is 1.91 bits per heavy atom. The van der Waals surface area contributed by atoms with Gasteiger partial charge >= 0.3 is 5.97 Å². The van der Waals surface area contributed by atoms with E-state index in [2.05, 4.69) is 5.32 Å². The lowest BCUT2D eigenvalue weighted by atomic mass is 10.2. The largest absolute Gasteiger partial charge is 0.492 e. The molecule has 0 aliphatic rings. The lowest BCUT2D eigenvalue weighted by molar-refractivity contribution is 0.0696. The maximum atomic E-state index is 11.9. The van der Waals surface area contributed by atoms with Crippen molar-refractivity contribution in [3.8, 4) is 5.75 Å². The SMILES string of the molecule is Cc1cc(C(=O)NCCOc2ccc(C(=O)O)cc2)c(C)o1. The van der Waals surface area contributed by atoms with Crippen molar-refractivity contribution in [2.75, 3.05) is 13.2 Å². The Kier molecular flexibility index (Phi) is 4.83. The number of carbonyl (C=O) groups is 2. The van der Waals surface area contributed by atoms with Gasteiger partial charge in [-0.1, -0.05) is 0 Å². The Morgan fingerprint density at radius 3 is 2.45 bits per heavy atom. The summed E-state index contributed by atoms with van der Waals surface area (Å²) < 4.78 is 10.7. The second-order valence-electron chi connectivity index (χ2n) is 4.76. The molecule has 2 N–H and O–H groups in total. The van der Waals surface area contributed by atoms with Gasteiger partial charge in [-0.15, -0.1) is 0 Å². The first-order chi connectivity index (χ1) is 10.5. The number of carbonyl (C=O) groups excluding carboxylic acids is 1. The van der Waals surface area contributed by atoms with Crippen molar-refractivity contribution in [3.05, 3.63) is 53.0 Å². The van der Waals surface area contributed by atoms with Crippen molar-refractivity contribution in [2.24, 2.45) is 0 Å². The quantitative estimate of drug-likeness (QED) is 0.800. The first-order valence-corrected chi connectivity index (χ1v) is 6.79. The molecule has 0 unspecified atom stereocenters. The molecular formula is C16H17NO5. The Labute approximate surface area is 127 Å². The zero-order valence-corrected chi connectivity index (χ0v) is 12.4. The first kappa shape index (κ1) is 15.6. The predicted octanol–water partition coefficient (Wildman–Crippen LogP) is 2.40. The van der Waals surface area contributed by atoms with Crippen LogP contribution in [-0.2, 0) is 0 Å². The molecule has 6 heteroatoms. The van der Waals surface area contributed by atoms with Crippen LogP contribution in [0.3, 0.4) is 0 Å². The number of rotatable bonds is 6. The maximum absolute atomic E-state index is 11.9. The van der Waals surface area contributed by atoms with Gasteiger partial charge in [0.1, 0.15) is 23.9 Å². The highest BCUT2D eigenvalue weighted by molar-refractivity contribution is 5.95. The summed E-state index contributed by atoms with van der Waals surface area (Å²) in [6.07, 6.45) is 0. The van der Waals surface area contributed by atoms with Gasteiger partial charge in [0, 0.05) is 0 Å². The summed E-state index contributed by atoms with van der Waals surface area (Å²) in [4.78, 5) is 22.6. The number of aryl methyl sites for hydroxylation is 2. The van der Waals surface area contributed by atoms with E-state index in [-0.39, 0.29) is 18.1 Å². The van der Waals surface area contributed by atoms with E-state index in [0.717, 1.165) is 0 Å². The molecule has 0 saturated heterocycles. The summed E-state index contributed by atoms with van der Waals surface area (Å²) in [6, 6.07) is 7.78. The Morgan fingerprint density at radius 1 is 1.23 bits per heavy atom. The third-order valence-corrected chi connectivity index (χ3v) is 3.04. The maximum Gasteiger partial charge on any atom is 0.335 e. The van der Waals surface area contributed by atoms with Gasteiger partial charge < -0.3 is 19.6 Å². The van der Waals surface area contributed by atoms with E-state index in [1.165, 1.54) is 12.1 Å². The van der Waals surface area contributed by atoms with Gasteiger partial charge in [-0.2, -0.15) is 0 Å². The molecule has 0 spiro atoms. The van der Waals surface area contributed by atoms with Crippen LogP contribution in [0.1, 0.15) is 32.2 Å². The highest BCUT2D eigenvalue weighted by atomic mass is 16.5. The van der Waals surface area contributed by atoms with Gasteiger partial charge in [0.15, 0.2) is 0 Å². The lowest BCUT2D eigenvalue weighted by Crippen LogP contribution is -2.28. The Bertz CT molecular complexity index is 672. The number of hydrogen-bond donors (Lipinski definition) is 2. The normalized spacial score (nSPS) is 10.3. The van der Waals surface area contributed by atoms with Crippen molar-refractivity contribution >= 4 is 11.9 Å². The van der Waals surface area contributed by atoms with E-state index in [9.17, 15) is 9.59 Å². The molecule has 22 heavy (non-hydrogen) atoms. The minimum Gasteiger partial charge on any atom is -0.492 e. The molecular weight excluding hydrogens is 286 g/mol. The number of hydrogen-bond acceptors (Lipinski definition) is 4. The van der Waals surface area contributed by atoms with Crippen molar-refractivity contribution < 1.29 is 23.8 Å². The van der Waals surface area contributed by atoms with E-state index in [4.69, 9.17) is 14.3 Å². The summed E-state index contributed by atoms with van der Waals surface area (Å²) in [6.45, 7) is 4.15. The summed E-state index contributed by atoms with van der Waals surface area (Å²) in [7, 11) is 0. The number of amides is 1. The molecule has 0 atom stereocenters. The van der Waals surface area contributed by atoms with Crippen molar-refractivity contribution in [1.29, 1.82) is 0 Å². The molecule has 1 amide bonds. The zero-order chi connectivity index (χ0) is 16.1. The molecule has 6 nitrogen and oxygen atoms in total. The topological polar surface area (TPSA) is 88.8 Å². The van der Waals surface area contributed by atoms with Crippen molar-refractivity contribution in [3.63, 3.8) is 0 Å². The summed E-state index contributed by atoms with van der Waals surface area (Å²) >= 11 is 0. The molecule has 0 fully saturated rings. The van der Waals surface area contributed by atoms with Crippen molar-refractivity contribution in [1.82, 2.24) is 5.32 Å². The monoisotopic (exact) mass is 303 g/mol. The third kappa shape index (κ3) is 3.88. The van der Waals surface area contributed by atoms with Gasteiger partial charge in [0.05, 0.1) is 17.7 Å². The zero-order valence-electron chi connectivity index (χ0n) is 12.4. The summed E-state index contributed by atoms with van der Waals surface area (Å²) in [5.74, 6) is 0.635. The highest BCUT2D eigenvalue weighted by Crippen LogP contribution is 2.13. The fourth-order valence-corrected chi connectivity index (χ4v) is 1.98. The number of aromatic carboxylic acids is 1. The van der Waals surface area contributed by atoms with E-state index in [0.29, 0.717) is 29.4 Å². The average Bonchev–Trinajstić information content (AvgIpc) is 2.82. The van der Waals surface area contributed by atoms with Crippen LogP contribution in [0.5, 0.6) is 5.75 Å². The lowest BCUT2D eigenvalue weighted by Gasteiger charge is -2.07. The van der Waals surface area contributed by atoms with E-state index in [1.807, 2.05) is 0 Å². The minimum absolute atomic E-state index is 0.200. The van der Waals surface area contributed by atoms with Crippen molar-refractivity contribution in [2.45, 2.75) is 13.8 Å². The van der Waals surface area contributed by atoms with E-state index in [1.54, 1.807) is 32.0 Å². The molecule has 116 valence electrons. The molecule has 0 bridgehead atoms. The summed E-state index contributed by atoms with van der Waals surface area (Å²) in [5, 5.41) is 11.5. The van der Waals surface area contributed by atoms with Crippen LogP contribution in [0.25, 0.3) is 0 Å². The van der Waals surface area contributed by atoms with Crippen LogP contribution in [0.2, 0.25) is 0 Å². The number of carboxylic acid groups (broad SMARTS) is 1. The second kappa shape index (κ2) is 6.80. The van der Waals surface area contributed by atoms with Gasteiger partial charge in [0.25, 0.3) is 5.91 Å². The first-order valence-electron chi connectivity index (χ1n) is 6.79. The van der Waals surface area contributed by atoms with Gasteiger partial charge in [-0.05, 0) is 44.2 Å². The Balaban J connectivity index is 1.78. The molecule has 1 aromatic carbocycles. The van der Waals surface area contributed by atoms with Gasteiger partial charge in [0.2, 0.25) is 0 Å². The molecule has 0 aliphatic heterocycles. The Hall–Kier alpha value is -2.76. The molecule has 0 aliphatic carbocycles. The van der Waals surface area contributed by atoms with Crippen LogP contribution in [-0.4, -0.2) is 30.1 Å². The van der Waals surface area contributed by atoms with Crippen LogP contribution in [0.15, 0.2) is 34.7 Å². The highest BCUT2D eigenvalue weighted by Gasteiger charge is 2.12. The van der Waals surface area contributed by atoms with E-state index < -0.39 is 5.97 Å². The summed E-state index contributed by atoms with van der Waals surface area (Å²) in [5.41, 5.74) is 0.717. The molecule has 0 saturated carbocycles. The van der Waals surface area contributed by atoms with Gasteiger partial charge in [-0.25, -0.2) is 4.79 Å². The van der Waals surface area contributed by atoms with Crippen LogP contribution >= 0.6 is 0 Å². The number of benzene rings is 1. The number of carboxylic acids is 1. The number of furan rings is 1. The molecule has 2 rings (SSSR count). The predicted molar refractivity (Wildman–Crippen MR) is 79.4 cm³/mol. The fraction of sp³-hybridized carbons (Fsp3) is 0.250. The van der Waals surface area contributed by atoms with Crippen LogP contribution in [0, 0.1) is 13.8 Å². The van der Waals surface area contributed by atoms with Crippen LogP contribution < -0.4 is 10.1 Å². The van der Waals surface area contributed by atoms with Crippen LogP contribution in [0.4, 0.5) is 0 Å². The van der Waals surface area contributed by atoms with E-state index >= 15 is 0 Å². The molecule has 0 radical (unpaired) electrons. The number of nitrogens with one attached hydrogen (secondary N) is 1. The molecule has 2 aromatic rings. The standard InChI is InChI=1S/C16H17NO5/c1-10-9-14(11(2)22-10)15(18)17-7-8-21-13-5-3-12(4-6-13)16(19)20/h3-6,9H,7-8H2,1-2H3,(H,17,18)(H,19,20). The molecule has 1 aromatic heterocycles. The smallest absolute Gasteiger partial charge is 0.335 e. The fourth-order valence-electron chi connectivity index (χ4n) is 1.98. The van der Waals surface area contributed by atoms with Gasteiger partial charge in [-0.3, -0.25) is 4.79 Å². The second-order valence-corrected chi connectivity index (χ2v) is 4.76. The third-order valence-electron chi connectivity index (χ3n) is 3.04. The average molecular weight is 303 g/mol. The number of ether oxygens (including phenoxy) is 1.